The van der Waals surface area contributed by atoms with Gasteiger partial charge in [0.15, 0.2) is 0 Å². The molecule has 120 valence electrons. The Morgan fingerprint density at radius 3 is 2.62 bits per heavy atom. The maximum atomic E-state index is 12.2. The number of rotatable bonds is 3. The summed E-state index contributed by atoms with van der Waals surface area (Å²) in [5.41, 5.74) is -0.538. The van der Waals surface area contributed by atoms with Crippen LogP contribution in [0.5, 0.6) is 0 Å². The minimum absolute atomic E-state index is 0.0230. The summed E-state index contributed by atoms with van der Waals surface area (Å²) < 4.78 is 5.38. The number of nitrogens with one attached hydrogen (secondary N) is 1. The van der Waals surface area contributed by atoms with E-state index in [1.807, 2.05) is 20.8 Å². The first kappa shape index (κ1) is 16.1. The van der Waals surface area contributed by atoms with E-state index in [9.17, 15) is 9.59 Å². The minimum Gasteiger partial charge on any atom is -0.442 e. The molecule has 1 N–H and O–H groups in total. The van der Waals surface area contributed by atoms with E-state index < -0.39 is 11.7 Å². The van der Waals surface area contributed by atoms with Crippen molar-refractivity contribution in [2.75, 3.05) is 26.2 Å². The van der Waals surface area contributed by atoms with Crippen molar-refractivity contribution in [1.29, 1.82) is 0 Å². The van der Waals surface area contributed by atoms with E-state index in [1.54, 1.807) is 5.01 Å². The lowest BCUT2D eigenvalue weighted by Gasteiger charge is -2.32. The summed E-state index contributed by atoms with van der Waals surface area (Å²) in [5, 5.41) is 6.39. The summed E-state index contributed by atoms with van der Waals surface area (Å²) >= 11 is 0. The molecule has 0 radical (unpaired) electrons. The summed E-state index contributed by atoms with van der Waals surface area (Å²) in [4.78, 5) is 24.2. The first-order valence-corrected chi connectivity index (χ1v) is 7.88. The highest BCUT2D eigenvalue weighted by Crippen LogP contribution is 2.21. The molecule has 0 aromatic heterocycles. The van der Waals surface area contributed by atoms with E-state index in [4.69, 9.17) is 4.74 Å². The summed E-state index contributed by atoms with van der Waals surface area (Å²) in [6, 6.07) is 0. The molecule has 0 atom stereocenters. The predicted molar refractivity (Wildman–Crippen MR) is 79.5 cm³/mol. The Morgan fingerprint density at radius 1 is 1.33 bits per heavy atom. The first-order valence-electron chi connectivity index (χ1n) is 7.88. The van der Waals surface area contributed by atoms with Gasteiger partial charge in [0.2, 0.25) is 5.91 Å². The van der Waals surface area contributed by atoms with Gasteiger partial charge in [-0.3, -0.25) is 4.79 Å². The number of nitrogens with zero attached hydrogens (tertiary/aromatic N) is 2. The molecule has 2 fully saturated rings. The molecule has 0 spiro atoms. The van der Waals surface area contributed by atoms with Gasteiger partial charge in [-0.1, -0.05) is 0 Å². The average Bonchev–Trinajstić information content (AvgIpc) is 2.77. The normalized spacial score (nSPS) is 21.0. The molecule has 2 aliphatic heterocycles. The number of carbonyl (C=O) groups excluding carboxylic acids is 2. The standard InChI is InChI=1S/C15H27N3O3/c1-15(2,3)21-14(20)18-11-7-13(19)17(18)10-6-12-4-8-16-9-5-12/h12,16H,4-11H2,1-3H3. The van der Waals surface area contributed by atoms with Crippen molar-refractivity contribution in [2.24, 2.45) is 5.92 Å². The molecule has 0 aromatic rings. The summed E-state index contributed by atoms with van der Waals surface area (Å²) in [6.45, 7) is 8.65. The van der Waals surface area contributed by atoms with Crippen molar-refractivity contribution in [3.8, 4) is 0 Å². The van der Waals surface area contributed by atoms with Crippen LogP contribution in [-0.4, -0.2) is 53.8 Å². The van der Waals surface area contributed by atoms with Crippen molar-refractivity contribution < 1.29 is 14.3 Å². The van der Waals surface area contributed by atoms with E-state index >= 15 is 0 Å². The van der Waals surface area contributed by atoms with Crippen molar-refractivity contribution in [2.45, 2.75) is 52.1 Å². The second kappa shape index (κ2) is 6.64. The Labute approximate surface area is 126 Å². The van der Waals surface area contributed by atoms with E-state index in [0.717, 1.165) is 32.4 Å². The van der Waals surface area contributed by atoms with E-state index in [1.165, 1.54) is 5.01 Å². The largest absolute Gasteiger partial charge is 0.442 e. The van der Waals surface area contributed by atoms with Gasteiger partial charge in [-0.05, 0) is 59.0 Å². The van der Waals surface area contributed by atoms with Crippen molar-refractivity contribution in [3.05, 3.63) is 0 Å². The minimum atomic E-state index is -0.538. The zero-order chi connectivity index (χ0) is 15.5. The number of amides is 2. The molecule has 21 heavy (non-hydrogen) atoms. The number of piperidine rings is 1. The van der Waals surface area contributed by atoms with E-state index in [2.05, 4.69) is 5.32 Å². The highest BCUT2D eigenvalue weighted by molar-refractivity contribution is 5.82. The molecule has 6 nitrogen and oxygen atoms in total. The summed E-state index contributed by atoms with van der Waals surface area (Å²) in [6.07, 6.45) is 3.22. The molecule has 2 aliphatic rings. The van der Waals surface area contributed by atoms with Gasteiger partial charge in [-0.25, -0.2) is 14.8 Å². The van der Waals surface area contributed by atoms with Crippen LogP contribution in [0, 0.1) is 5.92 Å². The van der Waals surface area contributed by atoms with Crippen LogP contribution in [0.15, 0.2) is 0 Å². The third-order valence-corrected chi connectivity index (χ3v) is 3.93. The third kappa shape index (κ3) is 4.59. The monoisotopic (exact) mass is 297 g/mol. The summed E-state index contributed by atoms with van der Waals surface area (Å²) in [5.74, 6) is 0.662. The summed E-state index contributed by atoms with van der Waals surface area (Å²) in [7, 11) is 0. The Morgan fingerprint density at radius 2 is 2.00 bits per heavy atom. The fourth-order valence-electron chi connectivity index (χ4n) is 2.81. The number of hydrogen-bond acceptors (Lipinski definition) is 4. The van der Waals surface area contributed by atoms with Crippen LogP contribution in [-0.2, 0) is 9.53 Å². The number of ether oxygens (including phenoxy) is 1. The van der Waals surface area contributed by atoms with Crippen LogP contribution in [0.25, 0.3) is 0 Å². The molecule has 2 amide bonds. The quantitative estimate of drug-likeness (QED) is 0.862. The molecular formula is C15H27N3O3. The van der Waals surface area contributed by atoms with Crippen LogP contribution >= 0.6 is 0 Å². The maximum Gasteiger partial charge on any atom is 0.429 e. The molecule has 0 aliphatic carbocycles. The highest BCUT2D eigenvalue weighted by Gasteiger charge is 2.35. The van der Waals surface area contributed by atoms with Gasteiger partial charge >= 0.3 is 6.09 Å². The van der Waals surface area contributed by atoms with E-state index in [-0.39, 0.29) is 5.91 Å². The third-order valence-electron chi connectivity index (χ3n) is 3.93. The fraction of sp³-hybridized carbons (Fsp3) is 0.867. The van der Waals surface area contributed by atoms with Crippen LogP contribution in [0.3, 0.4) is 0 Å². The van der Waals surface area contributed by atoms with Gasteiger partial charge < -0.3 is 10.1 Å². The predicted octanol–water partition coefficient (Wildman–Crippen LogP) is 1.76. The van der Waals surface area contributed by atoms with Gasteiger partial charge in [-0.2, -0.15) is 0 Å². The second-order valence-corrected chi connectivity index (χ2v) is 6.85. The zero-order valence-corrected chi connectivity index (χ0v) is 13.4. The van der Waals surface area contributed by atoms with Crippen LogP contribution in [0.4, 0.5) is 4.79 Å². The molecule has 6 heteroatoms. The smallest absolute Gasteiger partial charge is 0.429 e. The number of hydrogen-bond donors (Lipinski definition) is 1. The topological polar surface area (TPSA) is 61.9 Å². The molecule has 2 rings (SSSR count). The molecule has 2 saturated heterocycles. The molecule has 2 heterocycles. The van der Waals surface area contributed by atoms with Crippen LogP contribution in [0.2, 0.25) is 0 Å². The van der Waals surface area contributed by atoms with Gasteiger partial charge in [-0.15, -0.1) is 0 Å². The second-order valence-electron chi connectivity index (χ2n) is 6.85. The Bertz CT molecular complexity index is 386. The van der Waals surface area contributed by atoms with Gasteiger partial charge in [0.05, 0.1) is 6.54 Å². The lowest BCUT2D eigenvalue weighted by Crippen LogP contribution is -2.46. The number of hydrazine groups is 1. The molecule has 0 unspecified atom stereocenters. The lowest BCUT2D eigenvalue weighted by atomic mass is 9.95. The Kier molecular flexibility index (Phi) is 5.08. The average molecular weight is 297 g/mol. The lowest BCUT2D eigenvalue weighted by molar-refractivity contribution is -0.137. The van der Waals surface area contributed by atoms with Gasteiger partial charge in [0.1, 0.15) is 5.60 Å². The molecular weight excluding hydrogens is 270 g/mol. The van der Waals surface area contributed by atoms with E-state index in [0.29, 0.717) is 25.4 Å². The SMILES string of the molecule is CC(C)(C)OC(=O)N1CCC(=O)N1CCC1CCNCC1. The van der Waals surface area contributed by atoms with Gasteiger partial charge in [0, 0.05) is 13.0 Å². The fourth-order valence-corrected chi connectivity index (χ4v) is 2.81. The van der Waals surface area contributed by atoms with Crippen molar-refractivity contribution in [3.63, 3.8) is 0 Å². The number of carbonyl (C=O) groups is 2. The molecule has 0 aromatic carbocycles. The Balaban J connectivity index is 1.88. The highest BCUT2D eigenvalue weighted by atomic mass is 16.6. The van der Waals surface area contributed by atoms with Crippen LogP contribution in [0.1, 0.15) is 46.5 Å². The molecule has 0 bridgehead atoms. The zero-order valence-electron chi connectivity index (χ0n) is 13.4. The van der Waals surface area contributed by atoms with Gasteiger partial charge in [0.25, 0.3) is 0 Å². The van der Waals surface area contributed by atoms with Crippen molar-refractivity contribution >= 4 is 12.0 Å². The first-order chi connectivity index (χ1) is 9.87. The van der Waals surface area contributed by atoms with Crippen LogP contribution < -0.4 is 5.32 Å². The van der Waals surface area contributed by atoms with Crippen molar-refractivity contribution in [1.82, 2.24) is 15.3 Å². The Hall–Kier alpha value is -1.30. The maximum absolute atomic E-state index is 12.2. The molecule has 0 saturated carbocycles.